The van der Waals surface area contributed by atoms with Crippen LogP contribution < -0.4 is 5.32 Å². The number of aliphatic hydroxyl groups excluding tert-OH is 1. The zero-order chi connectivity index (χ0) is 18.5. The largest absolute Gasteiger partial charge is 0.392 e. The van der Waals surface area contributed by atoms with Crippen molar-refractivity contribution in [3.63, 3.8) is 0 Å². The normalized spacial score (nSPS) is 29.5. The average molecular weight is 366 g/mol. The molecule has 0 aromatic heterocycles. The fourth-order valence-corrected chi connectivity index (χ4v) is 4.88. The molecule has 1 saturated carbocycles. The Morgan fingerprint density at radius 3 is 2.38 bits per heavy atom. The van der Waals surface area contributed by atoms with Crippen LogP contribution in [0.3, 0.4) is 0 Å². The van der Waals surface area contributed by atoms with E-state index in [0.717, 1.165) is 51.7 Å². The van der Waals surface area contributed by atoms with E-state index >= 15 is 0 Å². The van der Waals surface area contributed by atoms with Crippen LogP contribution in [-0.4, -0.2) is 71.6 Å². The van der Waals surface area contributed by atoms with Gasteiger partial charge in [-0.05, 0) is 38.0 Å². The number of likely N-dealkylation sites (tertiary alicyclic amines) is 2. The number of β-amino-alcohol motifs (C(OH)–C–C–N with tert-alkyl or cyclic N) is 1. The number of amides is 2. The van der Waals surface area contributed by atoms with Crippen molar-refractivity contribution in [1.82, 2.24) is 15.1 Å². The zero-order valence-corrected chi connectivity index (χ0v) is 16.2. The molecule has 3 rings (SSSR count). The van der Waals surface area contributed by atoms with Gasteiger partial charge in [0.1, 0.15) is 0 Å². The molecule has 6 nitrogen and oxygen atoms in total. The molecule has 2 atom stereocenters. The van der Waals surface area contributed by atoms with Crippen molar-refractivity contribution >= 4 is 11.8 Å². The van der Waals surface area contributed by atoms with Crippen molar-refractivity contribution in [2.24, 2.45) is 11.8 Å². The second kappa shape index (κ2) is 9.18. The first-order valence-electron chi connectivity index (χ1n) is 10.5. The van der Waals surface area contributed by atoms with Gasteiger partial charge in [-0.1, -0.05) is 26.2 Å². The van der Waals surface area contributed by atoms with Crippen molar-refractivity contribution in [2.75, 3.05) is 32.7 Å². The number of hydrogen-bond donors (Lipinski definition) is 2. The third-order valence-electron chi connectivity index (χ3n) is 6.21. The van der Waals surface area contributed by atoms with E-state index in [2.05, 4.69) is 17.1 Å². The summed E-state index contributed by atoms with van der Waals surface area (Å²) in [6, 6.07) is 0.171. The smallest absolute Gasteiger partial charge is 0.234 e. The number of carbonyl (C=O) groups excluding carboxylic acids is 2. The molecule has 6 heteroatoms. The van der Waals surface area contributed by atoms with E-state index < -0.39 is 0 Å². The Balaban J connectivity index is 1.38. The van der Waals surface area contributed by atoms with Crippen LogP contribution in [-0.2, 0) is 9.59 Å². The van der Waals surface area contributed by atoms with Gasteiger partial charge in [0.15, 0.2) is 0 Å². The van der Waals surface area contributed by atoms with Crippen LogP contribution in [0.2, 0.25) is 0 Å². The SMILES string of the molecule is C[C@@H]1C[C@H](O)CN(CC(=O)NC2CCN(C(=O)C3CCCCC3)CC2)C1. The van der Waals surface area contributed by atoms with Crippen LogP contribution in [0.1, 0.15) is 58.3 Å². The van der Waals surface area contributed by atoms with E-state index in [4.69, 9.17) is 0 Å². The maximum atomic E-state index is 12.6. The van der Waals surface area contributed by atoms with E-state index in [1.807, 2.05) is 4.90 Å². The standard InChI is InChI=1S/C20H35N3O3/c1-15-11-18(24)13-22(12-15)14-19(25)21-17-7-9-23(10-8-17)20(26)16-5-3-2-4-6-16/h15-18,24H,2-14H2,1H3,(H,21,25)/t15-,18+/m1/s1. The Bertz CT molecular complexity index is 475. The van der Waals surface area contributed by atoms with Crippen molar-refractivity contribution in [3.05, 3.63) is 0 Å². The molecule has 0 aromatic rings. The van der Waals surface area contributed by atoms with E-state index in [0.29, 0.717) is 24.9 Å². The van der Waals surface area contributed by atoms with Crippen LogP contribution in [0.25, 0.3) is 0 Å². The number of carbonyl (C=O) groups is 2. The molecule has 3 fully saturated rings. The van der Waals surface area contributed by atoms with Gasteiger partial charge in [-0.2, -0.15) is 0 Å². The van der Waals surface area contributed by atoms with Crippen LogP contribution in [0, 0.1) is 11.8 Å². The summed E-state index contributed by atoms with van der Waals surface area (Å²) in [7, 11) is 0. The number of piperidine rings is 2. The topological polar surface area (TPSA) is 72.9 Å². The fourth-order valence-electron chi connectivity index (χ4n) is 4.88. The molecule has 0 radical (unpaired) electrons. The molecular weight excluding hydrogens is 330 g/mol. The first-order chi connectivity index (χ1) is 12.5. The second-order valence-electron chi connectivity index (χ2n) is 8.69. The number of nitrogens with one attached hydrogen (secondary N) is 1. The molecule has 2 N–H and O–H groups in total. The minimum absolute atomic E-state index is 0.0448. The monoisotopic (exact) mass is 365 g/mol. The molecule has 0 unspecified atom stereocenters. The Labute approximate surface area is 157 Å². The highest BCUT2D eigenvalue weighted by Gasteiger charge is 2.30. The van der Waals surface area contributed by atoms with Gasteiger partial charge in [-0.15, -0.1) is 0 Å². The lowest BCUT2D eigenvalue weighted by Gasteiger charge is -2.36. The summed E-state index contributed by atoms with van der Waals surface area (Å²) in [5.74, 6) is 1.05. The van der Waals surface area contributed by atoms with E-state index in [1.54, 1.807) is 0 Å². The molecule has 0 spiro atoms. The second-order valence-corrected chi connectivity index (χ2v) is 8.69. The Kier molecular flexibility index (Phi) is 6.92. The van der Waals surface area contributed by atoms with Crippen LogP contribution in [0.5, 0.6) is 0 Å². The van der Waals surface area contributed by atoms with Crippen LogP contribution in [0.4, 0.5) is 0 Å². The third-order valence-corrected chi connectivity index (χ3v) is 6.21. The van der Waals surface area contributed by atoms with Gasteiger partial charge >= 0.3 is 0 Å². The number of aliphatic hydroxyl groups is 1. The predicted molar refractivity (Wildman–Crippen MR) is 101 cm³/mol. The van der Waals surface area contributed by atoms with Gasteiger partial charge in [-0.3, -0.25) is 14.5 Å². The van der Waals surface area contributed by atoms with Gasteiger partial charge < -0.3 is 15.3 Å². The lowest BCUT2D eigenvalue weighted by Crippen LogP contribution is -2.51. The first-order valence-corrected chi connectivity index (χ1v) is 10.5. The summed E-state index contributed by atoms with van der Waals surface area (Å²) in [5, 5.41) is 13.0. The highest BCUT2D eigenvalue weighted by atomic mass is 16.3. The maximum absolute atomic E-state index is 12.6. The predicted octanol–water partition coefficient (Wildman–Crippen LogP) is 1.38. The van der Waals surface area contributed by atoms with E-state index in [-0.39, 0.29) is 24.0 Å². The fraction of sp³-hybridized carbons (Fsp3) is 0.900. The van der Waals surface area contributed by atoms with Crippen LogP contribution >= 0.6 is 0 Å². The molecule has 26 heavy (non-hydrogen) atoms. The Morgan fingerprint density at radius 1 is 1.04 bits per heavy atom. The van der Waals surface area contributed by atoms with E-state index in [9.17, 15) is 14.7 Å². The van der Waals surface area contributed by atoms with Crippen molar-refractivity contribution in [3.8, 4) is 0 Å². The molecule has 0 bridgehead atoms. The maximum Gasteiger partial charge on any atom is 0.234 e. The minimum atomic E-state index is -0.319. The van der Waals surface area contributed by atoms with Gasteiger partial charge in [0.25, 0.3) is 0 Å². The molecular formula is C20H35N3O3. The number of rotatable bonds is 4. The van der Waals surface area contributed by atoms with Gasteiger partial charge in [0, 0.05) is 38.1 Å². The summed E-state index contributed by atoms with van der Waals surface area (Å²) in [5.41, 5.74) is 0. The highest BCUT2D eigenvalue weighted by Crippen LogP contribution is 2.26. The summed E-state index contributed by atoms with van der Waals surface area (Å²) in [6.45, 7) is 5.47. The summed E-state index contributed by atoms with van der Waals surface area (Å²) < 4.78 is 0. The lowest BCUT2D eigenvalue weighted by atomic mass is 9.87. The minimum Gasteiger partial charge on any atom is -0.392 e. The molecule has 1 aliphatic carbocycles. The summed E-state index contributed by atoms with van der Waals surface area (Å²) in [6.07, 6.45) is 7.95. The zero-order valence-electron chi connectivity index (χ0n) is 16.2. The quantitative estimate of drug-likeness (QED) is 0.789. The van der Waals surface area contributed by atoms with Crippen LogP contribution in [0.15, 0.2) is 0 Å². The molecule has 3 aliphatic rings. The van der Waals surface area contributed by atoms with Crippen molar-refractivity contribution < 1.29 is 14.7 Å². The van der Waals surface area contributed by atoms with Gasteiger partial charge in [0.2, 0.25) is 11.8 Å². The lowest BCUT2D eigenvalue weighted by molar-refractivity contribution is -0.137. The summed E-state index contributed by atoms with van der Waals surface area (Å²) in [4.78, 5) is 29.0. The summed E-state index contributed by atoms with van der Waals surface area (Å²) >= 11 is 0. The van der Waals surface area contributed by atoms with Gasteiger partial charge in [-0.25, -0.2) is 0 Å². The third kappa shape index (κ3) is 5.43. The van der Waals surface area contributed by atoms with Gasteiger partial charge in [0.05, 0.1) is 12.6 Å². The number of nitrogens with zero attached hydrogens (tertiary/aromatic N) is 2. The highest BCUT2D eigenvalue weighted by molar-refractivity contribution is 5.79. The molecule has 0 aromatic carbocycles. The first kappa shape index (κ1) is 19.6. The Morgan fingerprint density at radius 2 is 1.73 bits per heavy atom. The Hall–Kier alpha value is -1.14. The number of hydrogen-bond acceptors (Lipinski definition) is 4. The molecule has 148 valence electrons. The molecule has 2 amide bonds. The van der Waals surface area contributed by atoms with E-state index in [1.165, 1.54) is 19.3 Å². The van der Waals surface area contributed by atoms with Crippen molar-refractivity contribution in [2.45, 2.75) is 70.4 Å². The molecule has 2 heterocycles. The molecule has 2 saturated heterocycles. The van der Waals surface area contributed by atoms with Crippen molar-refractivity contribution in [1.29, 1.82) is 0 Å². The molecule has 2 aliphatic heterocycles. The average Bonchev–Trinajstić information content (AvgIpc) is 2.61.